The van der Waals surface area contributed by atoms with Gasteiger partial charge in [0, 0.05) is 31.4 Å². The van der Waals surface area contributed by atoms with Crippen molar-refractivity contribution in [2.45, 2.75) is 50.6 Å². The van der Waals surface area contributed by atoms with Gasteiger partial charge in [0.1, 0.15) is 11.8 Å². The van der Waals surface area contributed by atoms with Gasteiger partial charge in [-0.2, -0.15) is 17.4 Å². The molecule has 1 heterocycles. The summed E-state index contributed by atoms with van der Waals surface area (Å²) in [5.74, 6) is -0.949. The number of rotatable bonds is 6. The van der Waals surface area contributed by atoms with Gasteiger partial charge in [0.2, 0.25) is 5.91 Å². The van der Waals surface area contributed by atoms with Crippen molar-refractivity contribution in [1.29, 1.82) is 0 Å². The molecule has 1 aliphatic carbocycles. The van der Waals surface area contributed by atoms with Crippen LogP contribution in [0.3, 0.4) is 0 Å². The van der Waals surface area contributed by atoms with Crippen molar-refractivity contribution < 1.29 is 31.1 Å². The Bertz CT molecular complexity index is 825. The molecule has 0 aromatic heterocycles. The number of carbonyl (C=O) groups excluding carboxylic acids is 1. The van der Waals surface area contributed by atoms with Crippen LogP contribution in [0.25, 0.3) is 0 Å². The summed E-state index contributed by atoms with van der Waals surface area (Å²) in [6.07, 6.45) is -1.10. The molecule has 7 nitrogen and oxygen atoms in total. The van der Waals surface area contributed by atoms with E-state index in [4.69, 9.17) is 0 Å². The van der Waals surface area contributed by atoms with E-state index in [9.17, 15) is 26.4 Å². The van der Waals surface area contributed by atoms with Crippen LogP contribution in [-0.2, 0) is 15.0 Å². The fourth-order valence-electron chi connectivity index (χ4n) is 3.62. The Kier molecular flexibility index (Phi) is 5.87. The lowest BCUT2D eigenvalue weighted by atomic mass is 10.2. The highest BCUT2D eigenvalue weighted by atomic mass is 32.2. The Morgan fingerprint density at radius 3 is 2.54 bits per heavy atom. The van der Waals surface area contributed by atoms with Gasteiger partial charge in [-0.05, 0) is 31.4 Å². The molecule has 0 bridgehead atoms. The third-order valence-electron chi connectivity index (χ3n) is 5.08. The molecular weight excluding hydrogens is 399 g/mol. The number of nitrogens with one attached hydrogen (secondary N) is 1. The second-order valence-corrected chi connectivity index (χ2v) is 8.72. The van der Waals surface area contributed by atoms with Gasteiger partial charge in [-0.3, -0.25) is 4.79 Å². The lowest BCUT2D eigenvalue weighted by Gasteiger charge is -2.25. The van der Waals surface area contributed by atoms with Crippen molar-refractivity contribution in [2.24, 2.45) is 0 Å². The Morgan fingerprint density at radius 2 is 1.89 bits per heavy atom. The monoisotopic (exact) mass is 421 g/mol. The van der Waals surface area contributed by atoms with Crippen LogP contribution in [0.5, 0.6) is 5.75 Å². The van der Waals surface area contributed by atoms with Crippen LogP contribution in [0.4, 0.5) is 18.9 Å². The zero-order valence-electron chi connectivity index (χ0n) is 15.3. The molecular formula is C17H22F3N3O4S. The van der Waals surface area contributed by atoms with Gasteiger partial charge in [0.15, 0.2) is 0 Å². The topological polar surface area (TPSA) is 79.0 Å². The number of benzene rings is 1. The van der Waals surface area contributed by atoms with E-state index < -0.39 is 34.3 Å². The summed E-state index contributed by atoms with van der Waals surface area (Å²) in [4.78, 5) is 13.9. The SMILES string of the molecule is CN(C1CCCC1)S(=O)(=O)NC1CCN(c2cccc(OC(F)(F)F)c2)C1=O. The molecule has 1 unspecified atom stereocenters. The second kappa shape index (κ2) is 7.88. The summed E-state index contributed by atoms with van der Waals surface area (Å²) < 4.78 is 69.9. The highest BCUT2D eigenvalue weighted by Crippen LogP contribution is 2.29. The molecule has 1 saturated heterocycles. The standard InChI is InChI=1S/C17H22F3N3O4S/c1-22(12-5-2-3-6-12)28(25,26)21-15-9-10-23(16(15)24)13-7-4-8-14(11-13)27-17(18,19)20/h4,7-8,11-12,15,21H,2-3,5-6,9-10H2,1H3. The maximum Gasteiger partial charge on any atom is 0.573 e. The van der Waals surface area contributed by atoms with Gasteiger partial charge in [0.25, 0.3) is 10.2 Å². The van der Waals surface area contributed by atoms with E-state index in [1.165, 1.54) is 28.4 Å². The average Bonchev–Trinajstić information content (AvgIpc) is 3.24. The average molecular weight is 421 g/mol. The first kappa shape index (κ1) is 20.9. The van der Waals surface area contributed by atoms with E-state index >= 15 is 0 Å². The fourth-order valence-corrected chi connectivity index (χ4v) is 4.97. The number of ether oxygens (including phenoxy) is 1. The van der Waals surface area contributed by atoms with Gasteiger partial charge < -0.3 is 9.64 Å². The molecule has 1 N–H and O–H groups in total. The first-order valence-corrected chi connectivity index (χ1v) is 10.4. The Morgan fingerprint density at radius 1 is 1.21 bits per heavy atom. The van der Waals surface area contributed by atoms with Crippen LogP contribution in [-0.4, -0.2) is 50.7 Å². The highest BCUT2D eigenvalue weighted by Gasteiger charge is 2.38. The number of halogens is 3. The molecule has 0 radical (unpaired) electrons. The summed E-state index contributed by atoms with van der Waals surface area (Å²) in [6.45, 7) is 0.189. The van der Waals surface area contributed by atoms with Crippen molar-refractivity contribution in [3.8, 4) is 5.75 Å². The third-order valence-corrected chi connectivity index (χ3v) is 6.72. The van der Waals surface area contributed by atoms with E-state index in [0.717, 1.165) is 37.8 Å². The van der Waals surface area contributed by atoms with Gasteiger partial charge in [-0.1, -0.05) is 18.9 Å². The summed E-state index contributed by atoms with van der Waals surface area (Å²) in [5.41, 5.74) is 0.220. The van der Waals surface area contributed by atoms with Gasteiger partial charge >= 0.3 is 6.36 Å². The maximum absolute atomic E-state index is 12.6. The van der Waals surface area contributed by atoms with Gasteiger partial charge in [0.05, 0.1) is 0 Å². The summed E-state index contributed by atoms with van der Waals surface area (Å²) in [5, 5.41) is 0. The Balaban J connectivity index is 1.68. The van der Waals surface area contributed by atoms with E-state index in [0.29, 0.717) is 0 Å². The largest absolute Gasteiger partial charge is 0.573 e. The van der Waals surface area contributed by atoms with Crippen LogP contribution >= 0.6 is 0 Å². The van der Waals surface area contributed by atoms with Crippen LogP contribution in [0, 0.1) is 0 Å². The minimum absolute atomic E-state index is 0.0821. The fraction of sp³-hybridized carbons (Fsp3) is 0.588. The number of hydrogen-bond acceptors (Lipinski definition) is 4. The molecule has 1 amide bonds. The first-order valence-electron chi connectivity index (χ1n) is 8.99. The summed E-state index contributed by atoms with van der Waals surface area (Å²) in [6, 6.07) is 4.02. The molecule has 1 aromatic carbocycles. The minimum atomic E-state index is -4.84. The van der Waals surface area contributed by atoms with Crippen molar-refractivity contribution in [2.75, 3.05) is 18.5 Å². The number of anilines is 1. The molecule has 0 spiro atoms. The predicted octanol–water partition coefficient (Wildman–Crippen LogP) is 2.40. The lowest BCUT2D eigenvalue weighted by Crippen LogP contribution is -2.49. The number of carbonyl (C=O) groups is 1. The smallest absolute Gasteiger partial charge is 0.406 e. The Hall–Kier alpha value is -1.85. The van der Waals surface area contributed by atoms with Crippen LogP contribution in [0.2, 0.25) is 0 Å². The van der Waals surface area contributed by atoms with Gasteiger partial charge in [-0.25, -0.2) is 0 Å². The zero-order valence-corrected chi connectivity index (χ0v) is 16.1. The van der Waals surface area contributed by atoms with E-state index in [-0.39, 0.29) is 24.7 Å². The molecule has 2 aliphatic rings. The second-order valence-electron chi connectivity index (χ2n) is 6.95. The summed E-state index contributed by atoms with van der Waals surface area (Å²) >= 11 is 0. The normalized spacial score (nSPS) is 21.7. The van der Waals surface area contributed by atoms with Crippen molar-refractivity contribution in [1.82, 2.24) is 9.03 Å². The lowest BCUT2D eigenvalue weighted by molar-refractivity contribution is -0.274. The molecule has 156 valence electrons. The van der Waals surface area contributed by atoms with E-state index in [1.807, 2.05) is 0 Å². The number of nitrogens with zero attached hydrogens (tertiary/aromatic N) is 2. The molecule has 1 aromatic rings. The Labute approximate surface area is 161 Å². The number of alkyl halides is 3. The van der Waals surface area contributed by atoms with Gasteiger partial charge in [-0.15, -0.1) is 13.2 Å². The molecule has 11 heteroatoms. The predicted molar refractivity (Wildman–Crippen MR) is 96.0 cm³/mol. The molecule has 2 fully saturated rings. The van der Waals surface area contributed by atoms with Crippen molar-refractivity contribution in [3.63, 3.8) is 0 Å². The number of hydrogen-bond donors (Lipinski definition) is 1. The van der Waals surface area contributed by atoms with Crippen molar-refractivity contribution >= 4 is 21.8 Å². The van der Waals surface area contributed by atoms with Crippen molar-refractivity contribution in [3.05, 3.63) is 24.3 Å². The summed E-state index contributed by atoms with van der Waals surface area (Å²) in [7, 11) is -2.34. The maximum atomic E-state index is 12.6. The highest BCUT2D eigenvalue weighted by molar-refractivity contribution is 7.87. The van der Waals surface area contributed by atoms with Crippen LogP contribution in [0.1, 0.15) is 32.1 Å². The molecule has 3 rings (SSSR count). The van der Waals surface area contributed by atoms with Crippen LogP contribution < -0.4 is 14.4 Å². The molecule has 1 saturated carbocycles. The van der Waals surface area contributed by atoms with Crippen LogP contribution in [0.15, 0.2) is 24.3 Å². The van der Waals surface area contributed by atoms with E-state index in [1.54, 1.807) is 0 Å². The third kappa shape index (κ3) is 4.76. The molecule has 28 heavy (non-hydrogen) atoms. The van der Waals surface area contributed by atoms with E-state index in [2.05, 4.69) is 9.46 Å². The first-order chi connectivity index (χ1) is 13.1. The molecule has 1 atom stereocenters. The number of amides is 1. The zero-order chi connectivity index (χ0) is 20.5. The minimum Gasteiger partial charge on any atom is -0.406 e. The molecule has 1 aliphatic heterocycles. The quantitative estimate of drug-likeness (QED) is 0.765.